The van der Waals surface area contributed by atoms with Crippen molar-refractivity contribution in [3.05, 3.63) is 0 Å². The first-order valence-electron chi connectivity index (χ1n) is 3.44. The summed E-state index contributed by atoms with van der Waals surface area (Å²) in [4.78, 5) is 32.1. The fourth-order valence-electron chi connectivity index (χ4n) is 0.697. The number of carboxylic acid groups (broad SMARTS) is 1. The maximum Gasteiger partial charge on any atom is 0.332 e. The fourth-order valence-corrected chi connectivity index (χ4v) is 1.08. The van der Waals surface area contributed by atoms with Gasteiger partial charge in [-0.05, 0) is 0 Å². The Hall–Kier alpha value is -0.890. The SMILES string of the molecule is CC(=O)NC(C(N)=O)C(S)(S)C(=O)O. The lowest BCUT2D eigenvalue weighted by atomic mass is 10.2. The maximum atomic E-state index is 10.8. The van der Waals surface area contributed by atoms with Gasteiger partial charge in [-0.2, -0.15) is 0 Å². The summed E-state index contributed by atoms with van der Waals surface area (Å²) in [5.74, 6) is -3.09. The molecule has 0 spiro atoms. The van der Waals surface area contributed by atoms with Gasteiger partial charge in [0.2, 0.25) is 11.8 Å². The highest BCUT2D eigenvalue weighted by Gasteiger charge is 2.43. The summed E-state index contributed by atoms with van der Waals surface area (Å²) >= 11 is 7.28. The highest BCUT2D eigenvalue weighted by atomic mass is 32.2. The molecule has 0 aliphatic heterocycles. The van der Waals surface area contributed by atoms with Gasteiger partial charge in [-0.25, -0.2) is 4.79 Å². The number of thiol groups is 2. The third-order valence-corrected chi connectivity index (χ3v) is 2.25. The van der Waals surface area contributed by atoms with Gasteiger partial charge in [0.25, 0.3) is 0 Å². The molecule has 0 aromatic heterocycles. The molecule has 2 amide bonds. The van der Waals surface area contributed by atoms with Crippen LogP contribution in [0, 0.1) is 0 Å². The molecule has 14 heavy (non-hydrogen) atoms. The van der Waals surface area contributed by atoms with E-state index in [1.807, 2.05) is 0 Å². The third-order valence-electron chi connectivity index (χ3n) is 1.35. The first-order chi connectivity index (χ1) is 6.19. The standard InChI is InChI=1S/C6H10N2O4S2/c1-2(9)8-3(4(7)10)6(13,14)5(11)12/h3,13-14H,1H3,(H2,7,10)(H,8,9)(H,11,12). The van der Waals surface area contributed by atoms with Crippen LogP contribution in [0.25, 0.3) is 0 Å². The Kier molecular flexibility index (Phi) is 4.27. The lowest BCUT2D eigenvalue weighted by Crippen LogP contribution is -2.57. The molecule has 0 heterocycles. The molecule has 80 valence electrons. The molecule has 0 saturated heterocycles. The van der Waals surface area contributed by atoms with Gasteiger partial charge in [0, 0.05) is 6.92 Å². The van der Waals surface area contributed by atoms with Crippen LogP contribution in [0.15, 0.2) is 0 Å². The normalized spacial score (nSPS) is 13.1. The molecular formula is C6H10N2O4S2. The molecule has 0 radical (unpaired) electrons. The molecule has 0 rings (SSSR count). The van der Waals surface area contributed by atoms with Gasteiger partial charge in [0.05, 0.1) is 0 Å². The molecule has 6 nitrogen and oxygen atoms in total. The van der Waals surface area contributed by atoms with Crippen LogP contribution >= 0.6 is 25.3 Å². The Labute approximate surface area is 91.0 Å². The summed E-state index contributed by atoms with van der Waals surface area (Å²) < 4.78 is -2.03. The third kappa shape index (κ3) is 3.11. The summed E-state index contributed by atoms with van der Waals surface area (Å²) in [5.41, 5.74) is 4.89. The van der Waals surface area contributed by atoms with Crippen LogP contribution in [0.3, 0.4) is 0 Å². The second-order valence-corrected chi connectivity index (χ2v) is 4.33. The van der Waals surface area contributed by atoms with Crippen molar-refractivity contribution in [3.8, 4) is 0 Å². The zero-order valence-corrected chi connectivity index (χ0v) is 9.01. The van der Waals surface area contributed by atoms with Crippen LogP contribution in [0.5, 0.6) is 0 Å². The topological polar surface area (TPSA) is 109 Å². The van der Waals surface area contributed by atoms with Crippen molar-refractivity contribution in [3.63, 3.8) is 0 Å². The summed E-state index contributed by atoms with van der Waals surface area (Å²) in [7, 11) is 0. The Balaban J connectivity index is 4.91. The second kappa shape index (κ2) is 4.56. The predicted octanol–water partition coefficient (Wildman–Crippen LogP) is -1.38. The Morgan fingerprint density at radius 2 is 1.86 bits per heavy atom. The molecule has 0 aromatic carbocycles. The molecule has 0 aromatic rings. The largest absolute Gasteiger partial charge is 0.480 e. The number of aliphatic carboxylic acids is 1. The monoisotopic (exact) mass is 238 g/mol. The molecule has 0 fully saturated rings. The van der Waals surface area contributed by atoms with E-state index < -0.39 is 27.9 Å². The molecule has 1 unspecified atom stereocenters. The van der Waals surface area contributed by atoms with Crippen molar-refractivity contribution in [1.82, 2.24) is 5.32 Å². The van der Waals surface area contributed by atoms with Crippen LogP contribution in [0.4, 0.5) is 0 Å². The molecule has 0 aliphatic rings. The number of primary amides is 1. The van der Waals surface area contributed by atoms with Crippen molar-refractivity contribution in [2.45, 2.75) is 17.0 Å². The number of rotatable bonds is 4. The van der Waals surface area contributed by atoms with Gasteiger partial charge in [0.1, 0.15) is 6.04 Å². The first-order valence-corrected chi connectivity index (χ1v) is 4.33. The zero-order chi connectivity index (χ0) is 11.5. The van der Waals surface area contributed by atoms with Crippen LogP contribution in [0.2, 0.25) is 0 Å². The van der Waals surface area contributed by atoms with Crippen LogP contribution in [-0.4, -0.2) is 33.0 Å². The molecule has 0 saturated carbocycles. The maximum absolute atomic E-state index is 10.8. The molecule has 0 aliphatic carbocycles. The van der Waals surface area contributed by atoms with Crippen LogP contribution in [0.1, 0.15) is 6.92 Å². The molecule has 8 heteroatoms. The van der Waals surface area contributed by atoms with E-state index in [9.17, 15) is 14.4 Å². The van der Waals surface area contributed by atoms with Gasteiger partial charge in [0.15, 0.2) is 4.08 Å². The summed E-state index contributed by atoms with van der Waals surface area (Å²) in [6.07, 6.45) is 0. The van der Waals surface area contributed by atoms with E-state index in [0.717, 1.165) is 6.92 Å². The number of nitrogens with two attached hydrogens (primary N) is 1. The van der Waals surface area contributed by atoms with E-state index in [4.69, 9.17) is 10.8 Å². The van der Waals surface area contributed by atoms with Gasteiger partial charge < -0.3 is 16.2 Å². The van der Waals surface area contributed by atoms with E-state index in [-0.39, 0.29) is 0 Å². The average molecular weight is 238 g/mol. The molecular weight excluding hydrogens is 228 g/mol. The minimum Gasteiger partial charge on any atom is -0.480 e. The smallest absolute Gasteiger partial charge is 0.332 e. The van der Waals surface area contributed by atoms with E-state index in [0.29, 0.717) is 0 Å². The van der Waals surface area contributed by atoms with Crippen molar-refractivity contribution >= 4 is 43.0 Å². The van der Waals surface area contributed by atoms with Crippen molar-refractivity contribution in [2.75, 3.05) is 0 Å². The number of hydrogen-bond donors (Lipinski definition) is 5. The number of hydrogen-bond acceptors (Lipinski definition) is 5. The fraction of sp³-hybridized carbons (Fsp3) is 0.500. The molecule has 4 N–H and O–H groups in total. The Morgan fingerprint density at radius 1 is 1.43 bits per heavy atom. The van der Waals surface area contributed by atoms with Gasteiger partial charge >= 0.3 is 5.97 Å². The lowest BCUT2D eigenvalue weighted by Gasteiger charge is -2.26. The lowest BCUT2D eigenvalue weighted by molar-refractivity contribution is -0.140. The van der Waals surface area contributed by atoms with E-state index in [1.54, 1.807) is 0 Å². The number of carbonyl (C=O) groups excluding carboxylic acids is 2. The number of amides is 2. The van der Waals surface area contributed by atoms with Crippen molar-refractivity contribution in [2.24, 2.45) is 5.73 Å². The van der Waals surface area contributed by atoms with Crippen LogP contribution in [-0.2, 0) is 14.4 Å². The van der Waals surface area contributed by atoms with Gasteiger partial charge in [-0.3, -0.25) is 9.59 Å². The summed E-state index contributed by atoms with van der Waals surface area (Å²) in [6, 6.07) is -1.48. The van der Waals surface area contributed by atoms with Crippen LogP contribution < -0.4 is 11.1 Å². The second-order valence-electron chi connectivity index (χ2n) is 2.57. The molecule has 1 atom stereocenters. The number of carbonyl (C=O) groups is 3. The van der Waals surface area contributed by atoms with Gasteiger partial charge in [-0.15, -0.1) is 25.3 Å². The molecule has 0 bridgehead atoms. The van der Waals surface area contributed by atoms with Gasteiger partial charge in [-0.1, -0.05) is 0 Å². The Morgan fingerprint density at radius 3 is 2.07 bits per heavy atom. The number of carboxylic acids is 1. The predicted molar refractivity (Wildman–Crippen MR) is 55.1 cm³/mol. The Bertz CT molecular complexity index is 279. The first kappa shape index (κ1) is 13.1. The highest BCUT2D eigenvalue weighted by molar-refractivity contribution is 8.02. The van der Waals surface area contributed by atoms with E-state index in [1.165, 1.54) is 0 Å². The van der Waals surface area contributed by atoms with E-state index >= 15 is 0 Å². The zero-order valence-electron chi connectivity index (χ0n) is 7.22. The van der Waals surface area contributed by atoms with E-state index in [2.05, 4.69) is 30.6 Å². The number of nitrogens with one attached hydrogen (secondary N) is 1. The summed E-state index contributed by atoms with van der Waals surface area (Å²) in [5, 5.41) is 10.7. The van der Waals surface area contributed by atoms with Crippen molar-refractivity contribution in [1.29, 1.82) is 0 Å². The van der Waals surface area contributed by atoms with Crippen molar-refractivity contribution < 1.29 is 19.5 Å². The summed E-state index contributed by atoms with van der Waals surface area (Å²) in [6.45, 7) is 1.12. The highest BCUT2D eigenvalue weighted by Crippen LogP contribution is 2.24. The quantitative estimate of drug-likeness (QED) is 0.307. The average Bonchev–Trinajstić information content (AvgIpc) is 1.98. The minimum atomic E-state index is -2.03. The minimum absolute atomic E-state index is 0.595.